The average Bonchev–Trinajstić information content (AvgIpc) is 2.96. The van der Waals surface area contributed by atoms with Crippen molar-refractivity contribution in [3.05, 3.63) is 81.7 Å². The Hall–Kier alpha value is -4.04. The highest BCUT2D eigenvalue weighted by Crippen LogP contribution is 2.43. The Balaban J connectivity index is 1.77. The van der Waals surface area contributed by atoms with Crippen molar-refractivity contribution in [1.82, 2.24) is 9.97 Å². The van der Waals surface area contributed by atoms with E-state index in [4.69, 9.17) is 4.74 Å². The third kappa shape index (κ3) is 7.84. The SMILES string of the molecule is CCCc1cnc(N[C@H]2C[C@@H](CC)N(C(=O)OCC)c3ccc(C(F)(F)F)cc32)nc1Cc1cc(C(F)(F)F)cc(C(F)(F)F)c1. The number of anilines is 2. The van der Waals surface area contributed by atoms with Crippen LogP contribution in [0, 0.1) is 0 Å². The Morgan fingerprint density at radius 3 is 2.09 bits per heavy atom. The Morgan fingerprint density at radius 2 is 1.54 bits per heavy atom. The molecule has 2 atom stereocenters. The zero-order chi connectivity index (χ0) is 34.0. The van der Waals surface area contributed by atoms with Crippen LogP contribution in [0.1, 0.15) is 85.2 Å². The molecular formula is C31H31F9N4O2. The van der Waals surface area contributed by atoms with Gasteiger partial charge < -0.3 is 10.1 Å². The molecule has 1 aromatic heterocycles. The van der Waals surface area contributed by atoms with Crippen LogP contribution in [0.25, 0.3) is 0 Å². The van der Waals surface area contributed by atoms with Crippen LogP contribution in [0.2, 0.25) is 0 Å². The summed E-state index contributed by atoms with van der Waals surface area (Å²) >= 11 is 0. The van der Waals surface area contributed by atoms with E-state index in [0.717, 1.165) is 12.1 Å². The molecular weight excluding hydrogens is 631 g/mol. The standard InChI is InChI=1S/C31H31F9N4O2/c1-4-7-18-16-41-27(42-24(18)12-17-10-20(30(35,36)37)13-21(11-17)31(38,39)40)43-25-15-22(5-2)44(28(45)46-6-3)26-9-8-19(14-23(25)26)29(32,33)34/h8-11,13-14,16,22,25H,4-7,12,15H2,1-3H3,(H,41,42,43)/t22-,25+/m1/s1. The van der Waals surface area contributed by atoms with E-state index < -0.39 is 59.8 Å². The van der Waals surface area contributed by atoms with Crippen LogP contribution in [-0.4, -0.2) is 28.7 Å². The van der Waals surface area contributed by atoms with Crippen molar-refractivity contribution >= 4 is 17.7 Å². The van der Waals surface area contributed by atoms with Crippen molar-refractivity contribution in [1.29, 1.82) is 0 Å². The van der Waals surface area contributed by atoms with Gasteiger partial charge in [-0.3, -0.25) is 4.90 Å². The normalized spacial score (nSPS) is 17.1. The van der Waals surface area contributed by atoms with Crippen LogP contribution >= 0.6 is 0 Å². The van der Waals surface area contributed by atoms with E-state index in [0.29, 0.717) is 37.0 Å². The molecule has 3 aromatic rings. The van der Waals surface area contributed by atoms with Crippen LogP contribution < -0.4 is 10.2 Å². The second kappa shape index (κ2) is 13.4. The lowest BCUT2D eigenvalue weighted by Gasteiger charge is -2.40. The molecule has 4 rings (SSSR count). The monoisotopic (exact) mass is 662 g/mol. The molecule has 15 heteroatoms. The number of aromatic nitrogens is 2. The Kier molecular flexibility index (Phi) is 10.1. The molecule has 0 aliphatic carbocycles. The molecule has 0 unspecified atom stereocenters. The van der Waals surface area contributed by atoms with Gasteiger partial charge in [-0.1, -0.05) is 20.3 Å². The highest BCUT2D eigenvalue weighted by atomic mass is 19.4. The summed E-state index contributed by atoms with van der Waals surface area (Å²) in [6.07, 6.45) is -13.0. The quantitative estimate of drug-likeness (QED) is 0.244. The summed E-state index contributed by atoms with van der Waals surface area (Å²) in [5, 5.41) is 3.01. The summed E-state index contributed by atoms with van der Waals surface area (Å²) in [6, 6.07) is 2.93. The molecule has 0 spiro atoms. The van der Waals surface area contributed by atoms with Crippen molar-refractivity contribution in [2.45, 2.75) is 83.5 Å². The number of hydrogen-bond donors (Lipinski definition) is 1. The van der Waals surface area contributed by atoms with Crippen molar-refractivity contribution in [2.75, 3.05) is 16.8 Å². The Labute approximate surface area is 259 Å². The van der Waals surface area contributed by atoms with Crippen LogP contribution in [0.5, 0.6) is 0 Å². The first-order valence-corrected chi connectivity index (χ1v) is 14.5. The lowest BCUT2D eigenvalue weighted by atomic mass is 9.89. The van der Waals surface area contributed by atoms with Gasteiger partial charge in [-0.25, -0.2) is 14.8 Å². The molecule has 2 heterocycles. The molecule has 250 valence electrons. The lowest BCUT2D eigenvalue weighted by Crippen LogP contribution is -2.46. The van der Waals surface area contributed by atoms with Gasteiger partial charge in [0, 0.05) is 18.7 Å². The summed E-state index contributed by atoms with van der Waals surface area (Å²) in [4.78, 5) is 22.9. The van der Waals surface area contributed by atoms with Gasteiger partial charge in [0.25, 0.3) is 0 Å². The van der Waals surface area contributed by atoms with Crippen LogP contribution in [-0.2, 0) is 36.1 Å². The van der Waals surface area contributed by atoms with E-state index in [1.165, 1.54) is 17.2 Å². The fourth-order valence-electron chi connectivity index (χ4n) is 5.47. The number of carbonyl (C=O) groups is 1. The molecule has 6 nitrogen and oxygen atoms in total. The third-order valence-corrected chi connectivity index (χ3v) is 7.59. The number of ether oxygens (including phenoxy) is 1. The zero-order valence-corrected chi connectivity index (χ0v) is 25.0. The average molecular weight is 663 g/mol. The Bertz CT molecular complexity index is 1520. The van der Waals surface area contributed by atoms with E-state index in [9.17, 15) is 44.3 Å². The largest absolute Gasteiger partial charge is 0.449 e. The number of nitrogens with one attached hydrogen (secondary N) is 1. The van der Waals surface area contributed by atoms with Crippen molar-refractivity contribution in [3.8, 4) is 0 Å². The number of alkyl halides is 9. The minimum absolute atomic E-state index is 0.0421. The van der Waals surface area contributed by atoms with E-state index >= 15 is 0 Å². The maximum absolute atomic E-state index is 13.7. The van der Waals surface area contributed by atoms with Gasteiger partial charge in [-0.15, -0.1) is 0 Å². The molecule has 1 N–H and O–H groups in total. The van der Waals surface area contributed by atoms with Gasteiger partial charge in [-0.2, -0.15) is 39.5 Å². The fraction of sp³-hybridized carbons (Fsp3) is 0.452. The highest BCUT2D eigenvalue weighted by Gasteiger charge is 2.40. The summed E-state index contributed by atoms with van der Waals surface area (Å²) in [7, 11) is 0. The number of carbonyl (C=O) groups excluding carboxylic acids is 1. The number of benzene rings is 2. The first-order valence-electron chi connectivity index (χ1n) is 14.5. The van der Waals surface area contributed by atoms with Crippen LogP contribution in [0.3, 0.4) is 0 Å². The third-order valence-electron chi connectivity index (χ3n) is 7.59. The maximum Gasteiger partial charge on any atom is 0.416 e. The summed E-state index contributed by atoms with van der Waals surface area (Å²) in [6.45, 7) is 5.25. The number of fused-ring (bicyclic) bond motifs is 1. The Morgan fingerprint density at radius 1 is 0.913 bits per heavy atom. The van der Waals surface area contributed by atoms with E-state index in [2.05, 4.69) is 15.3 Å². The van der Waals surface area contributed by atoms with Gasteiger partial charge in [-0.05, 0) is 79.3 Å². The predicted octanol–water partition coefficient (Wildman–Crippen LogP) is 9.37. The molecule has 2 aromatic carbocycles. The van der Waals surface area contributed by atoms with Gasteiger partial charge in [0.1, 0.15) is 0 Å². The molecule has 46 heavy (non-hydrogen) atoms. The number of nitrogens with zero attached hydrogens (tertiary/aromatic N) is 3. The lowest BCUT2D eigenvalue weighted by molar-refractivity contribution is -0.143. The van der Waals surface area contributed by atoms with Crippen molar-refractivity contribution in [3.63, 3.8) is 0 Å². The highest BCUT2D eigenvalue weighted by molar-refractivity contribution is 5.90. The minimum atomic E-state index is -5.03. The number of halogens is 9. The second-order valence-electron chi connectivity index (χ2n) is 10.8. The second-order valence-corrected chi connectivity index (χ2v) is 10.8. The first-order chi connectivity index (χ1) is 21.5. The topological polar surface area (TPSA) is 67.4 Å². The van der Waals surface area contributed by atoms with Gasteiger partial charge >= 0.3 is 24.6 Å². The van der Waals surface area contributed by atoms with E-state index in [-0.39, 0.29) is 47.6 Å². The summed E-state index contributed by atoms with van der Waals surface area (Å²) in [5.41, 5.74) is -3.21. The number of amides is 1. The summed E-state index contributed by atoms with van der Waals surface area (Å²) < 4.78 is 127. The molecule has 0 saturated carbocycles. The maximum atomic E-state index is 13.7. The molecule has 1 amide bonds. The van der Waals surface area contributed by atoms with Crippen LogP contribution in [0.15, 0.2) is 42.6 Å². The summed E-state index contributed by atoms with van der Waals surface area (Å²) in [5.74, 6) is -0.0920. The van der Waals surface area contributed by atoms with Crippen molar-refractivity contribution in [2.24, 2.45) is 0 Å². The van der Waals surface area contributed by atoms with E-state index in [1.54, 1.807) is 13.8 Å². The molecule has 1 aliphatic rings. The van der Waals surface area contributed by atoms with Gasteiger partial charge in [0.2, 0.25) is 5.95 Å². The minimum Gasteiger partial charge on any atom is -0.449 e. The smallest absolute Gasteiger partial charge is 0.416 e. The van der Waals surface area contributed by atoms with Crippen LogP contribution in [0.4, 0.5) is 55.9 Å². The van der Waals surface area contributed by atoms with E-state index in [1.807, 2.05) is 6.92 Å². The molecule has 0 saturated heterocycles. The van der Waals surface area contributed by atoms with Gasteiger partial charge in [0.05, 0.1) is 40.7 Å². The zero-order valence-electron chi connectivity index (χ0n) is 25.0. The molecule has 1 aliphatic heterocycles. The number of rotatable bonds is 8. The fourth-order valence-corrected chi connectivity index (χ4v) is 5.47. The van der Waals surface area contributed by atoms with Crippen molar-refractivity contribution < 1.29 is 49.0 Å². The molecule has 0 radical (unpaired) electrons. The number of aryl methyl sites for hydroxylation is 1. The number of hydrogen-bond acceptors (Lipinski definition) is 5. The molecule has 0 bridgehead atoms. The first kappa shape index (κ1) is 34.8. The van der Waals surface area contributed by atoms with Gasteiger partial charge in [0.15, 0.2) is 0 Å². The molecule has 0 fully saturated rings. The predicted molar refractivity (Wildman–Crippen MR) is 151 cm³/mol.